The SMILES string of the molecule is O=C(O)[13C@@H]1C=CCn2c(=O)n(-c3ccccc3)c(=O)n21. The van der Waals surface area contributed by atoms with E-state index in [-0.39, 0.29) is 6.54 Å². The molecule has 1 aromatic heterocycles. The van der Waals surface area contributed by atoms with Crippen LogP contribution in [0.2, 0.25) is 0 Å². The van der Waals surface area contributed by atoms with Gasteiger partial charge >= 0.3 is 17.3 Å². The van der Waals surface area contributed by atoms with Gasteiger partial charge in [-0.1, -0.05) is 30.4 Å². The maximum absolute atomic E-state index is 12.4. The van der Waals surface area contributed by atoms with Crippen molar-refractivity contribution in [2.45, 2.75) is 12.6 Å². The van der Waals surface area contributed by atoms with E-state index in [2.05, 4.69) is 0 Å². The number of carbonyl (C=O) groups is 1. The highest BCUT2D eigenvalue weighted by atomic mass is 16.4. The van der Waals surface area contributed by atoms with E-state index >= 15 is 0 Å². The molecule has 1 N–H and O–H groups in total. The van der Waals surface area contributed by atoms with Gasteiger partial charge in [-0.15, -0.1) is 0 Å². The summed E-state index contributed by atoms with van der Waals surface area (Å²) >= 11 is 0. The van der Waals surface area contributed by atoms with Crippen molar-refractivity contribution >= 4 is 5.97 Å². The van der Waals surface area contributed by atoms with Crippen LogP contribution in [0.3, 0.4) is 0 Å². The standard InChI is InChI=1S/C13H11N3O4/c17-11(18)10-7-4-8-14-12(19)15(13(20)16(10)14)9-5-2-1-3-6-9/h1-7,10H,8H2,(H,17,18)/t10-/m0/s1/i10+1. The molecule has 1 atom stereocenters. The van der Waals surface area contributed by atoms with Crippen LogP contribution in [0, 0.1) is 0 Å². The average molecular weight is 274 g/mol. The fraction of sp³-hybridized carbons (Fsp3) is 0.154. The van der Waals surface area contributed by atoms with Crippen molar-refractivity contribution in [3.05, 3.63) is 63.5 Å². The molecule has 3 rings (SSSR count). The third-order valence-corrected chi connectivity index (χ3v) is 3.19. The van der Waals surface area contributed by atoms with Crippen LogP contribution in [0.5, 0.6) is 0 Å². The molecule has 0 saturated carbocycles. The lowest BCUT2D eigenvalue weighted by Gasteiger charge is -2.16. The number of rotatable bonds is 2. The second kappa shape index (κ2) is 4.37. The molecule has 1 aliphatic rings. The third-order valence-electron chi connectivity index (χ3n) is 3.19. The third kappa shape index (κ3) is 1.63. The number of hydrogen-bond acceptors (Lipinski definition) is 3. The lowest BCUT2D eigenvalue weighted by Crippen LogP contribution is -2.35. The van der Waals surface area contributed by atoms with Gasteiger partial charge in [-0.3, -0.25) is 0 Å². The van der Waals surface area contributed by atoms with Gasteiger partial charge in [0.2, 0.25) is 0 Å². The Labute approximate surface area is 112 Å². The fourth-order valence-electron chi connectivity index (χ4n) is 2.29. The van der Waals surface area contributed by atoms with Gasteiger partial charge in [-0.2, -0.15) is 0 Å². The molecule has 7 nitrogen and oxygen atoms in total. The number of benzene rings is 1. The number of nitrogens with zero attached hydrogens (tertiary/aromatic N) is 3. The summed E-state index contributed by atoms with van der Waals surface area (Å²) < 4.78 is 3.08. The molecule has 0 amide bonds. The number of para-hydroxylation sites is 1. The van der Waals surface area contributed by atoms with Crippen LogP contribution >= 0.6 is 0 Å². The topological polar surface area (TPSA) is 86.2 Å². The molecule has 0 spiro atoms. The Bertz CT molecular complexity index is 810. The first-order chi connectivity index (χ1) is 9.61. The highest BCUT2D eigenvalue weighted by Gasteiger charge is 2.28. The van der Waals surface area contributed by atoms with E-state index in [9.17, 15) is 14.4 Å². The van der Waals surface area contributed by atoms with Gasteiger partial charge in [-0.25, -0.2) is 28.3 Å². The molecule has 0 aliphatic carbocycles. The van der Waals surface area contributed by atoms with Gasteiger partial charge in [0.25, 0.3) is 0 Å². The van der Waals surface area contributed by atoms with Crippen molar-refractivity contribution in [3.63, 3.8) is 0 Å². The lowest BCUT2D eigenvalue weighted by molar-refractivity contribution is -0.140. The van der Waals surface area contributed by atoms with E-state index in [0.717, 1.165) is 13.9 Å². The number of fused-ring (bicyclic) bond motifs is 1. The number of carboxylic acid groups (broad SMARTS) is 1. The van der Waals surface area contributed by atoms with Gasteiger partial charge in [0.15, 0.2) is 6.04 Å². The molecule has 20 heavy (non-hydrogen) atoms. The second-order valence-corrected chi connectivity index (χ2v) is 4.37. The van der Waals surface area contributed by atoms with E-state index in [1.54, 1.807) is 36.4 Å². The quantitative estimate of drug-likeness (QED) is 0.616. The van der Waals surface area contributed by atoms with Crippen molar-refractivity contribution in [2.75, 3.05) is 0 Å². The summed E-state index contributed by atoms with van der Waals surface area (Å²) in [6.45, 7) is 0.178. The number of hydrogen-bond donors (Lipinski definition) is 1. The monoisotopic (exact) mass is 274 g/mol. The molecule has 2 aromatic rings. The summed E-state index contributed by atoms with van der Waals surface area (Å²) in [5, 5.41) is 9.14. The summed E-state index contributed by atoms with van der Waals surface area (Å²) in [5.41, 5.74) is -0.782. The van der Waals surface area contributed by atoms with E-state index in [0.29, 0.717) is 5.69 Å². The Morgan fingerprint density at radius 3 is 2.50 bits per heavy atom. The van der Waals surface area contributed by atoms with E-state index in [1.807, 2.05) is 0 Å². The summed E-state index contributed by atoms with van der Waals surface area (Å²) in [5.74, 6) is -1.18. The summed E-state index contributed by atoms with van der Waals surface area (Å²) in [7, 11) is 0. The van der Waals surface area contributed by atoms with Crippen molar-refractivity contribution in [3.8, 4) is 5.69 Å². The lowest BCUT2D eigenvalue weighted by atomic mass is 10.3. The van der Waals surface area contributed by atoms with Crippen LogP contribution < -0.4 is 11.4 Å². The Hall–Kier alpha value is -2.83. The second-order valence-electron chi connectivity index (χ2n) is 4.37. The van der Waals surface area contributed by atoms with Gasteiger partial charge in [-0.05, 0) is 12.1 Å². The van der Waals surface area contributed by atoms with Crippen LogP contribution in [-0.2, 0) is 11.3 Å². The molecule has 2 heterocycles. The van der Waals surface area contributed by atoms with E-state index < -0.39 is 23.4 Å². The normalized spacial score (nSPS) is 16.9. The van der Waals surface area contributed by atoms with Crippen LogP contribution in [0.25, 0.3) is 5.69 Å². The first-order valence-electron chi connectivity index (χ1n) is 6.00. The van der Waals surface area contributed by atoms with Crippen LogP contribution in [0.1, 0.15) is 6.04 Å². The minimum atomic E-state index is -1.18. The number of carboxylic acids is 1. The summed E-state index contributed by atoms with van der Waals surface area (Å²) in [6, 6.07) is 7.26. The van der Waals surface area contributed by atoms with Crippen molar-refractivity contribution < 1.29 is 9.90 Å². The Morgan fingerprint density at radius 2 is 1.85 bits per heavy atom. The van der Waals surface area contributed by atoms with Gasteiger partial charge < -0.3 is 5.11 Å². The number of aliphatic carboxylic acids is 1. The molecule has 1 aromatic carbocycles. The number of aromatic nitrogens is 3. The van der Waals surface area contributed by atoms with Gasteiger partial charge in [0.1, 0.15) is 0 Å². The molecular formula is C13H11N3O4. The zero-order chi connectivity index (χ0) is 14.3. The van der Waals surface area contributed by atoms with E-state index in [1.165, 1.54) is 6.08 Å². The Balaban J connectivity index is 2.30. The van der Waals surface area contributed by atoms with E-state index in [4.69, 9.17) is 5.11 Å². The maximum atomic E-state index is 12.4. The van der Waals surface area contributed by atoms with Crippen molar-refractivity contribution in [2.24, 2.45) is 0 Å². The molecule has 0 saturated heterocycles. The molecular weight excluding hydrogens is 263 g/mol. The Kier molecular flexibility index (Phi) is 2.67. The minimum Gasteiger partial charge on any atom is -0.479 e. The molecule has 1 aliphatic heterocycles. The van der Waals surface area contributed by atoms with Crippen molar-refractivity contribution in [1.29, 1.82) is 0 Å². The largest absolute Gasteiger partial charge is 0.479 e. The fourth-order valence-corrected chi connectivity index (χ4v) is 2.29. The predicted octanol–water partition coefficient (Wildman–Crippen LogP) is -0.00380. The van der Waals surface area contributed by atoms with Crippen LogP contribution in [0.4, 0.5) is 0 Å². The van der Waals surface area contributed by atoms with Gasteiger partial charge in [0, 0.05) is 0 Å². The highest BCUT2D eigenvalue weighted by molar-refractivity contribution is 5.74. The molecule has 0 bridgehead atoms. The zero-order valence-electron chi connectivity index (χ0n) is 10.3. The molecule has 0 fully saturated rings. The summed E-state index contributed by atoms with van der Waals surface area (Å²) in [6.07, 6.45) is 2.97. The van der Waals surface area contributed by atoms with Crippen molar-refractivity contribution in [1.82, 2.24) is 13.9 Å². The minimum absolute atomic E-state index is 0.178. The Morgan fingerprint density at radius 1 is 1.15 bits per heavy atom. The first kappa shape index (κ1) is 12.2. The molecule has 102 valence electrons. The van der Waals surface area contributed by atoms with Crippen LogP contribution in [-0.4, -0.2) is 25.0 Å². The molecule has 0 radical (unpaired) electrons. The zero-order valence-corrected chi connectivity index (χ0v) is 10.3. The first-order valence-corrected chi connectivity index (χ1v) is 6.00. The average Bonchev–Trinajstić information content (AvgIpc) is 2.72. The smallest absolute Gasteiger partial charge is 0.352 e. The predicted molar refractivity (Wildman–Crippen MR) is 70.1 cm³/mol. The maximum Gasteiger partial charge on any atom is 0.352 e. The van der Waals surface area contributed by atoms with Gasteiger partial charge in [0.05, 0.1) is 12.2 Å². The number of allylic oxidation sites excluding steroid dienone is 1. The summed E-state index contributed by atoms with van der Waals surface area (Å²) in [4.78, 5) is 35.8. The highest BCUT2D eigenvalue weighted by Crippen LogP contribution is 2.11. The molecule has 0 unspecified atom stereocenters. The molecule has 7 heteroatoms. The van der Waals surface area contributed by atoms with Crippen LogP contribution in [0.15, 0.2) is 52.1 Å².